The number of unbranched alkanes of at least 4 members (excludes halogenated alkanes) is 1. The molecule has 1 N–H and O–H groups in total. The van der Waals surface area contributed by atoms with Crippen LogP contribution in [0.25, 0.3) is 0 Å². The van der Waals surface area contributed by atoms with Crippen LogP contribution in [-0.4, -0.2) is 29.3 Å². The van der Waals surface area contributed by atoms with Gasteiger partial charge in [-0.3, -0.25) is 9.59 Å². The molecule has 2 amide bonds. The van der Waals surface area contributed by atoms with Crippen molar-refractivity contribution in [3.05, 3.63) is 71.0 Å². The molecule has 0 aliphatic carbocycles. The molecule has 2 rings (SSSR count). The van der Waals surface area contributed by atoms with Crippen LogP contribution in [0.5, 0.6) is 0 Å². The maximum absolute atomic E-state index is 13.1. The van der Waals surface area contributed by atoms with Crippen molar-refractivity contribution in [2.45, 2.75) is 52.6 Å². The summed E-state index contributed by atoms with van der Waals surface area (Å²) < 4.78 is 13.1. The Labute approximate surface area is 166 Å². The van der Waals surface area contributed by atoms with Crippen molar-refractivity contribution in [2.75, 3.05) is 6.54 Å². The van der Waals surface area contributed by atoms with Gasteiger partial charge in [0.25, 0.3) is 0 Å². The molecule has 150 valence electrons. The van der Waals surface area contributed by atoms with Crippen LogP contribution in [-0.2, 0) is 22.6 Å². The van der Waals surface area contributed by atoms with Gasteiger partial charge in [0, 0.05) is 13.1 Å². The number of carbonyl (C=O) groups is 2. The molecule has 5 heteroatoms. The topological polar surface area (TPSA) is 49.4 Å². The summed E-state index contributed by atoms with van der Waals surface area (Å²) in [6, 6.07) is 13.2. The van der Waals surface area contributed by atoms with E-state index in [0.29, 0.717) is 13.1 Å². The van der Waals surface area contributed by atoms with Crippen LogP contribution < -0.4 is 5.32 Å². The molecule has 0 bridgehead atoms. The van der Waals surface area contributed by atoms with Gasteiger partial charge in [-0.05, 0) is 43.5 Å². The van der Waals surface area contributed by atoms with E-state index in [1.807, 2.05) is 31.2 Å². The van der Waals surface area contributed by atoms with Crippen molar-refractivity contribution in [2.24, 2.45) is 0 Å². The summed E-state index contributed by atoms with van der Waals surface area (Å²) in [6.07, 6.45) is 2.02. The molecule has 1 atom stereocenters. The van der Waals surface area contributed by atoms with Crippen molar-refractivity contribution in [1.82, 2.24) is 10.2 Å². The van der Waals surface area contributed by atoms with Crippen LogP contribution in [0.2, 0.25) is 0 Å². The molecule has 0 fully saturated rings. The van der Waals surface area contributed by atoms with E-state index in [4.69, 9.17) is 0 Å². The van der Waals surface area contributed by atoms with Crippen LogP contribution in [0, 0.1) is 12.7 Å². The van der Waals surface area contributed by atoms with Crippen molar-refractivity contribution >= 4 is 11.8 Å². The molecule has 4 nitrogen and oxygen atoms in total. The number of hydrogen-bond donors (Lipinski definition) is 1. The van der Waals surface area contributed by atoms with Gasteiger partial charge >= 0.3 is 0 Å². The van der Waals surface area contributed by atoms with Gasteiger partial charge in [0.15, 0.2) is 0 Å². The van der Waals surface area contributed by atoms with Crippen molar-refractivity contribution < 1.29 is 14.0 Å². The zero-order chi connectivity index (χ0) is 20.5. The van der Waals surface area contributed by atoms with Gasteiger partial charge in [-0.2, -0.15) is 0 Å². The summed E-state index contributed by atoms with van der Waals surface area (Å²) in [4.78, 5) is 27.1. The Morgan fingerprint density at radius 1 is 1.04 bits per heavy atom. The van der Waals surface area contributed by atoms with E-state index >= 15 is 0 Å². The van der Waals surface area contributed by atoms with Gasteiger partial charge in [0.1, 0.15) is 11.9 Å². The summed E-state index contributed by atoms with van der Waals surface area (Å²) in [7, 11) is 0. The van der Waals surface area contributed by atoms with E-state index in [0.717, 1.165) is 29.5 Å². The first-order valence-electron chi connectivity index (χ1n) is 9.78. The maximum Gasteiger partial charge on any atom is 0.242 e. The van der Waals surface area contributed by atoms with Crippen LogP contribution >= 0.6 is 0 Å². The Morgan fingerprint density at radius 3 is 2.25 bits per heavy atom. The van der Waals surface area contributed by atoms with Crippen LogP contribution in [0.3, 0.4) is 0 Å². The van der Waals surface area contributed by atoms with Crippen molar-refractivity contribution in [3.8, 4) is 0 Å². The minimum atomic E-state index is -0.592. The smallest absolute Gasteiger partial charge is 0.242 e. The molecule has 0 saturated carbocycles. The van der Waals surface area contributed by atoms with Gasteiger partial charge in [0.05, 0.1) is 6.42 Å². The van der Waals surface area contributed by atoms with Gasteiger partial charge in [-0.15, -0.1) is 0 Å². The molecule has 0 spiro atoms. The maximum atomic E-state index is 13.1. The van der Waals surface area contributed by atoms with Crippen LogP contribution in [0.15, 0.2) is 48.5 Å². The Bertz CT molecular complexity index is 772. The molecular formula is C23H29FN2O2. The summed E-state index contributed by atoms with van der Waals surface area (Å²) in [5.74, 6) is -0.658. The number of amides is 2. The Hall–Kier alpha value is -2.69. The minimum absolute atomic E-state index is 0.124. The fourth-order valence-corrected chi connectivity index (χ4v) is 2.89. The van der Waals surface area contributed by atoms with Crippen LogP contribution in [0.4, 0.5) is 4.39 Å². The Balaban J connectivity index is 2.15. The van der Waals surface area contributed by atoms with Crippen LogP contribution in [0.1, 0.15) is 43.4 Å². The van der Waals surface area contributed by atoms with E-state index in [1.54, 1.807) is 24.0 Å². The molecule has 2 aromatic carbocycles. The van der Waals surface area contributed by atoms with Gasteiger partial charge in [-0.1, -0.05) is 55.3 Å². The number of nitrogens with one attached hydrogen (secondary N) is 1. The summed E-state index contributed by atoms with van der Waals surface area (Å²) in [5, 5.41) is 2.90. The fraction of sp³-hybridized carbons (Fsp3) is 0.391. The zero-order valence-electron chi connectivity index (χ0n) is 16.9. The normalized spacial score (nSPS) is 11.7. The second-order valence-corrected chi connectivity index (χ2v) is 7.13. The highest BCUT2D eigenvalue weighted by Gasteiger charge is 2.26. The molecule has 0 unspecified atom stereocenters. The number of carbonyl (C=O) groups excluding carboxylic acids is 2. The molecule has 2 aromatic rings. The third-order valence-corrected chi connectivity index (χ3v) is 4.74. The number of halogens is 1. The number of aryl methyl sites for hydroxylation is 1. The van der Waals surface area contributed by atoms with Gasteiger partial charge in [0.2, 0.25) is 11.8 Å². The second-order valence-electron chi connectivity index (χ2n) is 7.13. The number of benzene rings is 2. The molecule has 0 aliphatic heterocycles. The lowest BCUT2D eigenvalue weighted by molar-refractivity contribution is -0.140. The number of rotatable bonds is 9. The molecule has 0 radical (unpaired) electrons. The standard InChI is InChI=1S/C23H29FN2O2/c1-4-5-14-25-23(28)18(3)26(16-20-8-6-17(2)7-9-20)22(27)15-19-10-12-21(24)13-11-19/h6-13,18H,4-5,14-16H2,1-3H3,(H,25,28)/t18-/m1/s1. The lowest BCUT2D eigenvalue weighted by Gasteiger charge is -2.29. The highest BCUT2D eigenvalue weighted by Crippen LogP contribution is 2.14. The summed E-state index contributed by atoms with van der Waals surface area (Å²) in [6.45, 7) is 6.77. The first-order valence-corrected chi connectivity index (χ1v) is 9.78. The van der Waals surface area contributed by atoms with Gasteiger partial charge < -0.3 is 10.2 Å². The lowest BCUT2D eigenvalue weighted by atomic mass is 10.1. The third-order valence-electron chi connectivity index (χ3n) is 4.74. The zero-order valence-corrected chi connectivity index (χ0v) is 16.9. The first-order chi connectivity index (χ1) is 13.4. The SMILES string of the molecule is CCCCNC(=O)[C@@H](C)N(Cc1ccc(C)cc1)C(=O)Cc1ccc(F)cc1. The largest absolute Gasteiger partial charge is 0.354 e. The molecule has 0 heterocycles. The highest BCUT2D eigenvalue weighted by atomic mass is 19.1. The van der Waals surface area contributed by atoms with Gasteiger partial charge in [-0.25, -0.2) is 4.39 Å². The number of nitrogens with zero attached hydrogens (tertiary/aromatic N) is 1. The minimum Gasteiger partial charge on any atom is -0.354 e. The Morgan fingerprint density at radius 2 is 1.64 bits per heavy atom. The van der Waals surface area contributed by atoms with Crippen molar-refractivity contribution in [3.63, 3.8) is 0 Å². The average Bonchev–Trinajstić information content (AvgIpc) is 2.68. The third kappa shape index (κ3) is 6.48. The molecule has 28 heavy (non-hydrogen) atoms. The van der Waals surface area contributed by atoms with E-state index in [2.05, 4.69) is 12.2 Å². The molecule has 0 aromatic heterocycles. The monoisotopic (exact) mass is 384 g/mol. The quantitative estimate of drug-likeness (QED) is 0.664. The first kappa shape index (κ1) is 21.6. The summed E-state index contributed by atoms with van der Waals surface area (Å²) in [5.41, 5.74) is 2.82. The predicted molar refractivity (Wildman–Crippen MR) is 109 cm³/mol. The molecule has 0 aliphatic rings. The highest BCUT2D eigenvalue weighted by molar-refractivity contribution is 5.88. The number of hydrogen-bond acceptors (Lipinski definition) is 2. The molecule has 0 saturated heterocycles. The lowest BCUT2D eigenvalue weighted by Crippen LogP contribution is -2.48. The Kier molecular flexibility index (Phi) is 8.18. The van der Waals surface area contributed by atoms with E-state index < -0.39 is 6.04 Å². The van der Waals surface area contributed by atoms with E-state index in [-0.39, 0.29) is 24.1 Å². The van der Waals surface area contributed by atoms with E-state index in [9.17, 15) is 14.0 Å². The summed E-state index contributed by atoms with van der Waals surface area (Å²) >= 11 is 0. The van der Waals surface area contributed by atoms with E-state index in [1.165, 1.54) is 12.1 Å². The fourth-order valence-electron chi connectivity index (χ4n) is 2.89. The second kappa shape index (κ2) is 10.6. The average molecular weight is 384 g/mol. The molecular weight excluding hydrogens is 355 g/mol. The van der Waals surface area contributed by atoms with Crippen molar-refractivity contribution in [1.29, 1.82) is 0 Å². The predicted octanol–water partition coefficient (Wildman–Crippen LogP) is 4.01.